The summed E-state index contributed by atoms with van der Waals surface area (Å²) in [6.07, 6.45) is 8.75. The first-order valence-electron chi connectivity index (χ1n) is 7.61. The number of imidazole rings is 1. The molecule has 2 aromatic heterocycles. The van der Waals surface area contributed by atoms with Crippen molar-refractivity contribution in [2.24, 2.45) is 10.7 Å². The number of amidine groups is 1. The quantitative estimate of drug-likeness (QED) is 0.646. The van der Waals surface area contributed by atoms with Gasteiger partial charge in [0.1, 0.15) is 5.84 Å². The first kappa shape index (κ1) is 15.2. The molecule has 0 spiro atoms. The summed E-state index contributed by atoms with van der Waals surface area (Å²) in [5.41, 5.74) is 9.51. The summed E-state index contributed by atoms with van der Waals surface area (Å²) in [4.78, 5) is 15.2. The fourth-order valence-corrected chi connectivity index (χ4v) is 2.78. The highest BCUT2D eigenvalue weighted by atomic mass is 15.2. The molecule has 0 radical (unpaired) electrons. The van der Waals surface area contributed by atoms with Gasteiger partial charge in [-0.2, -0.15) is 0 Å². The van der Waals surface area contributed by atoms with Crippen molar-refractivity contribution < 1.29 is 0 Å². The third-order valence-corrected chi connectivity index (χ3v) is 3.83. The number of aryl methyl sites for hydroxylation is 1. The average Bonchev–Trinajstić information content (AvgIpc) is 2.91. The molecule has 0 amide bonds. The van der Waals surface area contributed by atoms with E-state index in [0.717, 1.165) is 49.0 Å². The van der Waals surface area contributed by atoms with Crippen molar-refractivity contribution in [2.45, 2.75) is 6.92 Å². The van der Waals surface area contributed by atoms with Gasteiger partial charge in [0, 0.05) is 50.8 Å². The van der Waals surface area contributed by atoms with Crippen molar-refractivity contribution in [1.29, 1.82) is 0 Å². The van der Waals surface area contributed by atoms with Crippen LogP contribution < -0.4 is 11.1 Å². The van der Waals surface area contributed by atoms with Crippen LogP contribution >= 0.6 is 0 Å². The Bertz CT molecular complexity index is 766. The normalized spacial score (nSPS) is 16.8. The number of nitrogens with zero attached hydrogens (tertiary/aromatic N) is 5. The first-order chi connectivity index (χ1) is 11.2. The molecule has 0 atom stereocenters. The summed E-state index contributed by atoms with van der Waals surface area (Å²) >= 11 is 0. The summed E-state index contributed by atoms with van der Waals surface area (Å²) in [5, 5.41) is 3.33. The van der Waals surface area contributed by atoms with Crippen LogP contribution in [0.15, 0.2) is 42.4 Å². The number of aliphatic imine (C=N–C) groups is 1. The third-order valence-electron chi connectivity index (χ3n) is 3.83. The van der Waals surface area contributed by atoms with E-state index in [2.05, 4.69) is 31.8 Å². The predicted octanol–water partition coefficient (Wildman–Crippen LogP) is 0.785. The van der Waals surface area contributed by atoms with Gasteiger partial charge in [-0.3, -0.25) is 9.38 Å². The van der Waals surface area contributed by atoms with E-state index in [9.17, 15) is 0 Å². The molecule has 3 rings (SSSR count). The smallest absolute Gasteiger partial charge is 0.156 e. The van der Waals surface area contributed by atoms with Crippen LogP contribution in [0.5, 0.6) is 0 Å². The number of hydrogen-bond acceptors (Lipinski definition) is 5. The van der Waals surface area contributed by atoms with Crippen molar-refractivity contribution in [3.63, 3.8) is 0 Å². The average molecular weight is 311 g/mol. The van der Waals surface area contributed by atoms with E-state index in [1.807, 2.05) is 23.6 Å². The number of rotatable bonds is 3. The first-order valence-corrected chi connectivity index (χ1v) is 7.61. The van der Waals surface area contributed by atoms with Gasteiger partial charge in [0.15, 0.2) is 5.65 Å². The second kappa shape index (κ2) is 6.62. The molecule has 2 aromatic rings. The van der Waals surface area contributed by atoms with Gasteiger partial charge in [-0.05, 0) is 6.92 Å². The maximum Gasteiger partial charge on any atom is 0.156 e. The lowest BCUT2D eigenvalue weighted by Crippen LogP contribution is -2.46. The third kappa shape index (κ3) is 3.09. The number of hydrogen-bond donors (Lipinski definition) is 2. The van der Waals surface area contributed by atoms with Crippen molar-refractivity contribution in [3.05, 3.63) is 48.8 Å². The highest BCUT2D eigenvalue weighted by Crippen LogP contribution is 2.17. The molecule has 23 heavy (non-hydrogen) atoms. The molecule has 7 heteroatoms. The van der Waals surface area contributed by atoms with E-state index in [4.69, 9.17) is 5.73 Å². The Balaban J connectivity index is 2.00. The van der Waals surface area contributed by atoms with Gasteiger partial charge in [0.05, 0.1) is 23.3 Å². The standard InChI is InChI=1S/C16H21N7/c1-3-20-14(22-7-4-18-5-8-22)10-13(17)16-12(2)21-15-11-19-6-9-23(15)16/h3,6,9-11,18H,1,4-5,7-8,17H2,2H3/b13-10-,20-14+. The Hall–Kier alpha value is -2.67. The van der Waals surface area contributed by atoms with E-state index in [-0.39, 0.29) is 0 Å². The maximum atomic E-state index is 6.37. The molecule has 0 bridgehead atoms. The van der Waals surface area contributed by atoms with Crippen LogP contribution in [0, 0.1) is 6.92 Å². The van der Waals surface area contributed by atoms with Gasteiger partial charge in [0.2, 0.25) is 0 Å². The summed E-state index contributed by atoms with van der Waals surface area (Å²) in [6.45, 7) is 9.31. The van der Waals surface area contributed by atoms with E-state index in [1.54, 1.807) is 18.6 Å². The minimum atomic E-state index is 0.625. The molecule has 0 aliphatic carbocycles. The molecule has 0 unspecified atom stereocenters. The monoisotopic (exact) mass is 311 g/mol. The topological polar surface area (TPSA) is 83.8 Å². The van der Waals surface area contributed by atoms with E-state index in [1.165, 1.54) is 0 Å². The molecule has 3 N–H and O–H groups in total. The second-order valence-electron chi connectivity index (χ2n) is 5.36. The molecule has 120 valence electrons. The highest BCUT2D eigenvalue weighted by Gasteiger charge is 2.16. The lowest BCUT2D eigenvalue weighted by Gasteiger charge is -2.29. The Morgan fingerprint density at radius 1 is 1.43 bits per heavy atom. The molecular weight excluding hydrogens is 290 g/mol. The zero-order chi connectivity index (χ0) is 16.2. The largest absolute Gasteiger partial charge is 0.397 e. The molecule has 1 saturated heterocycles. The van der Waals surface area contributed by atoms with Crippen LogP contribution in [-0.4, -0.2) is 51.3 Å². The molecule has 7 nitrogen and oxygen atoms in total. The molecule has 1 aliphatic rings. The predicted molar refractivity (Wildman–Crippen MR) is 92.0 cm³/mol. The summed E-state index contributed by atoms with van der Waals surface area (Å²) in [7, 11) is 0. The van der Waals surface area contributed by atoms with E-state index >= 15 is 0 Å². The zero-order valence-corrected chi connectivity index (χ0v) is 13.2. The van der Waals surface area contributed by atoms with E-state index < -0.39 is 0 Å². The number of aromatic nitrogens is 3. The van der Waals surface area contributed by atoms with Gasteiger partial charge in [0.25, 0.3) is 0 Å². The molecule has 3 heterocycles. The number of nitrogens with one attached hydrogen (secondary N) is 1. The highest BCUT2D eigenvalue weighted by molar-refractivity contribution is 5.99. The van der Waals surface area contributed by atoms with Gasteiger partial charge in [-0.1, -0.05) is 6.58 Å². The minimum Gasteiger partial charge on any atom is -0.397 e. The summed E-state index contributed by atoms with van der Waals surface area (Å²) < 4.78 is 1.94. The Labute approximate surface area is 135 Å². The molecule has 1 aliphatic heterocycles. The Morgan fingerprint density at radius 2 is 2.22 bits per heavy atom. The van der Waals surface area contributed by atoms with Crippen LogP contribution in [0.1, 0.15) is 11.4 Å². The van der Waals surface area contributed by atoms with Crippen LogP contribution in [-0.2, 0) is 0 Å². The lowest BCUT2D eigenvalue weighted by molar-refractivity contribution is 0.359. The minimum absolute atomic E-state index is 0.625. The number of nitrogens with two attached hydrogens (primary N) is 1. The summed E-state index contributed by atoms with van der Waals surface area (Å²) in [5.74, 6) is 0.822. The zero-order valence-electron chi connectivity index (χ0n) is 13.2. The SMILES string of the molecule is C=C/N=C(\C=C(/N)c1c(C)nc2cnccn12)N1CCNCC1. The fourth-order valence-electron chi connectivity index (χ4n) is 2.78. The Morgan fingerprint density at radius 3 is 2.96 bits per heavy atom. The van der Waals surface area contributed by atoms with Gasteiger partial charge in [-0.25, -0.2) is 9.98 Å². The molecular formula is C16H21N7. The van der Waals surface area contributed by atoms with E-state index in [0.29, 0.717) is 5.70 Å². The van der Waals surface area contributed by atoms with Crippen molar-refractivity contribution in [1.82, 2.24) is 24.6 Å². The fraction of sp³-hybridized carbons (Fsp3) is 0.312. The summed E-state index contributed by atoms with van der Waals surface area (Å²) in [6, 6.07) is 0. The van der Waals surface area contributed by atoms with Crippen molar-refractivity contribution in [2.75, 3.05) is 26.2 Å². The van der Waals surface area contributed by atoms with Crippen LogP contribution in [0.25, 0.3) is 11.3 Å². The molecule has 0 saturated carbocycles. The van der Waals surface area contributed by atoms with Crippen molar-refractivity contribution >= 4 is 17.2 Å². The van der Waals surface area contributed by atoms with Crippen molar-refractivity contribution in [3.8, 4) is 0 Å². The van der Waals surface area contributed by atoms with Gasteiger partial charge < -0.3 is 16.0 Å². The van der Waals surface area contributed by atoms with Gasteiger partial charge in [-0.15, -0.1) is 0 Å². The van der Waals surface area contributed by atoms with Gasteiger partial charge >= 0.3 is 0 Å². The van der Waals surface area contributed by atoms with Crippen LogP contribution in [0.4, 0.5) is 0 Å². The Kier molecular flexibility index (Phi) is 4.38. The van der Waals surface area contributed by atoms with Crippen LogP contribution in [0.2, 0.25) is 0 Å². The molecule has 1 fully saturated rings. The maximum absolute atomic E-state index is 6.37. The molecule has 0 aromatic carbocycles. The number of fused-ring (bicyclic) bond motifs is 1. The lowest BCUT2D eigenvalue weighted by atomic mass is 10.2. The number of piperazine rings is 1. The van der Waals surface area contributed by atoms with Crippen LogP contribution in [0.3, 0.4) is 0 Å². The second-order valence-corrected chi connectivity index (χ2v) is 5.36.